The third kappa shape index (κ3) is 2.72. The molecule has 0 unspecified atom stereocenters. The average molecular weight is 244 g/mol. The largest absolute Gasteiger partial charge is 0.364 e. The van der Waals surface area contributed by atoms with Crippen LogP contribution in [0.4, 0.5) is 11.6 Å². The van der Waals surface area contributed by atoms with E-state index in [1.54, 1.807) is 6.20 Å². The molecule has 0 fully saturated rings. The summed E-state index contributed by atoms with van der Waals surface area (Å²) in [5, 5.41) is 3.25. The smallest absolute Gasteiger partial charge is 0.148 e. The zero-order valence-electron chi connectivity index (χ0n) is 10.2. The number of nitrogens with two attached hydrogens (primary N) is 1. The van der Waals surface area contributed by atoms with Crippen LogP contribution in [0.3, 0.4) is 0 Å². The van der Waals surface area contributed by atoms with E-state index >= 15 is 0 Å². The molecule has 0 aromatic carbocycles. The normalized spacial score (nSPS) is 10.1. The number of nitrogen functional groups attached to an aromatic ring is 1. The fourth-order valence-electron chi connectivity index (χ4n) is 1.70. The van der Waals surface area contributed by atoms with E-state index in [4.69, 9.17) is 5.84 Å². The number of rotatable bonds is 5. The van der Waals surface area contributed by atoms with Crippen molar-refractivity contribution in [1.82, 2.24) is 15.0 Å². The molecule has 0 radical (unpaired) electrons. The van der Waals surface area contributed by atoms with Crippen molar-refractivity contribution in [3.8, 4) is 0 Å². The van der Waals surface area contributed by atoms with Gasteiger partial charge >= 0.3 is 0 Å². The first-order valence-corrected chi connectivity index (χ1v) is 5.79. The molecule has 0 amide bonds. The lowest BCUT2D eigenvalue weighted by Crippen LogP contribution is -2.14. The Hall–Kier alpha value is -2.21. The van der Waals surface area contributed by atoms with Gasteiger partial charge in [0.05, 0.1) is 12.2 Å². The number of nitrogens with one attached hydrogen (secondary N) is 2. The molecular formula is C12H16N6. The Morgan fingerprint density at radius 2 is 2.00 bits per heavy atom. The van der Waals surface area contributed by atoms with Crippen LogP contribution in [-0.4, -0.2) is 15.0 Å². The lowest BCUT2D eigenvalue weighted by atomic mass is 10.2. The molecule has 2 rings (SSSR count). The third-order valence-corrected chi connectivity index (χ3v) is 2.60. The van der Waals surface area contributed by atoms with Crippen LogP contribution >= 0.6 is 0 Å². The van der Waals surface area contributed by atoms with Gasteiger partial charge in [0, 0.05) is 11.8 Å². The Balaban J connectivity index is 2.14. The highest BCUT2D eigenvalue weighted by atomic mass is 15.3. The quantitative estimate of drug-likeness (QED) is 0.543. The second-order valence-corrected chi connectivity index (χ2v) is 3.72. The number of hydrazine groups is 1. The maximum Gasteiger partial charge on any atom is 0.148 e. The highest BCUT2D eigenvalue weighted by molar-refractivity contribution is 5.56. The summed E-state index contributed by atoms with van der Waals surface area (Å²) in [5.74, 6) is 6.85. The lowest BCUT2D eigenvalue weighted by Gasteiger charge is -2.12. The Morgan fingerprint density at radius 1 is 1.17 bits per heavy atom. The first kappa shape index (κ1) is 12.3. The van der Waals surface area contributed by atoms with Gasteiger partial charge in [-0.2, -0.15) is 0 Å². The highest BCUT2D eigenvalue weighted by Crippen LogP contribution is 2.19. The molecule has 0 saturated heterocycles. The van der Waals surface area contributed by atoms with Crippen molar-refractivity contribution in [2.24, 2.45) is 5.84 Å². The first-order valence-electron chi connectivity index (χ1n) is 5.79. The van der Waals surface area contributed by atoms with E-state index in [0.29, 0.717) is 12.4 Å². The van der Waals surface area contributed by atoms with E-state index < -0.39 is 0 Å². The maximum atomic E-state index is 5.42. The minimum atomic E-state index is 0.620. The fourth-order valence-corrected chi connectivity index (χ4v) is 1.70. The summed E-state index contributed by atoms with van der Waals surface area (Å²) < 4.78 is 0. The second-order valence-electron chi connectivity index (χ2n) is 3.72. The summed E-state index contributed by atoms with van der Waals surface area (Å²) in [4.78, 5) is 12.6. The van der Waals surface area contributed by atoms with Crippen LogP contribution in [0.5, 0.6) is 0 Å². The van der Waals surface area contributed by atoms with Crippen LogP contribution in [0, 0.1) is 0 Å². The number of aromatic nitrogens is 3. The molecule has 0 aliphatic heterocycles. The molecule has 0 spiro atoms. The molecule has 0 aliphatic carbocycles. The Bertz CT molecular complexity index is 499. The van der Waals surface area contributed by atoms with Gasteiger partial charge in [-0.15, -0.1) is 0 Å². The van der Waals surface area contributed by atoms with Crippen molar-refractivity contribution >= 4 is 11.6 Å². The standard InChI is InChI=1S/C12H16N6/c1-2-10-11(16-8-17-12(10)18-13)15-7-9-5-3-4-6-14-9/h3-6,8H,2,7,13H2,1H3,(H2,15,16,17,18). The summed E-state index contributed by atoms with van der Waals surface area (Å²) in [7, 11) is 0. The van der Waals surface area contributed by atoms with Gasteiger partial charge < -0.3 is 10.7 Å². The molecule has 18 heavy (non-hydrogen) atoms. The molecule has 94 valence electrons. The Kier molecular flexibility index (Phi) is 4.03. The number of anilines is 2. The van der Waals surface area contributed by atoms with Gasteiger partial charge in [-0.25, -0.2) is 15.8 Å². The zero-order valence-corrected chi connectivity index (χ0v) is 10.2. The van der Waals surface area contributed by atoms with Gasteiger partial charge in [0.2, 0.25) is 0 Å². The summed E-state index contributed by atoms with van der Waals surface area (Å²) in [6, 6.07) is 5.81. The second kappa shape index (κ2) is 5.92. The molecule has 0 bridgehead atoms. The Labute approximate surface area is 106 Å². The molecule has 2 heterocycles. The summed E-state index contributed by atoms with van der Waals surface area (Å²) in [6.45, 7) is 2.65. The Morgan fingerprint density at radius 3 is 2.67 bits per heavy atom. The maximum absolute atomic E-state index is 5.42. The molecule has 0 aliphatic rings. The molecule has 0 saturated carbocycles. The van der Waals surface area contributed by atoms with Crippen LogP contribution in [0.15, 0.2) is 30.7 Å². The van der Waals surface area contributed by atoms with E-state index in [9.17, 15) is 0 Å². The topological polar surface area (TPSA) is 88.8 Å². The molecule has 6 heteroatoms. The van der Waals surface area contributed by atoms with Crippen molar-refractivity contribution in [3.63, 3.8) is 0 Å². The van der Waals surface area contributed by atoms with Crippen LogP contribution in [0.2, 0.25) is 0 Å². The van der Waals surface area contributed by atoms with Crippen molar-refractivity contribution in [1.29, 1.82) is 0 Å². The van der Waals surface area contributed by atoms with Gasteiger partial charge in [0.25, 0.3) is 0 Å². The summed E-state index contributed by atoms with van der Waals surface area (Å²) in [6.07, 6.45) is 4.05. The average Bonchev–Trinajstić information content (AvgIpc) is 2.45. The molecule has 6 nitrogen and oxygen atoms in total. The van der Waals surface area contributed by atoms with Crippen LogP contribution in [-0.2, 0) is 13.0 Å². The number of hydrogen-bond acceptors (Lipinski definition) is 6. The predicted molar refractivity (Wildman–Crippen MR) is 70.8 cm³/mol. The minimum Gasteiger partial charge on any atom is -0.364 e. The number of pyridine rings is 1. The van der Waals surface area contributed by atoms with Gasteiger partial charge in [0.1, 0.15) is 18.0 Å². The molecule has 2 aromatic heterocycles. The van der Waals surface area contributed by atoms with Crippen molar-refractivity contribution < 1.29 is 0 Å². The van der Waals surface area contributed by atoms with Gasteiger partial charge in [0.15, 0.2) is 0 Å². The molecular weight excluding hydrogens is 228 g/mol. The van der Waals surface area contributed by atoms with Crippen molar-refractivity contribution in [3.05, 3.63) is 42.0 Å². The van der Waals surface area contributed by atoms with Crippen molar-refractivity contribution in [2.75, 3.05) is 10.7 Å². The van der Waals surface area contributed by atoms with E-state index in [2.05, 4.69) is 25.7 Å². The lowest BCUT2D eigenvalue weighted by molar-refractivity contribution is 0.982. The predicted octanol–water partition coefficient (Wildman–Crippen LogP) is 1.33. The van der Waals surface area contributed by atoms with Gasteiger partial charge in [-0.05, 0) is 18.6 Å². The van der Waals surface area contributed by atoms with Crippen LogP contribution in [0.1, 0.15) is 18.2 Å². The number of hydrogen-bond donors (Lipinski definition) is 3. The van der Waals surface area contributed by atoms with E-state index in [1.165, 1.54) is 6.33 Å². The molecule has 2 aromatic rings. The molecule has 4 N–H and O–H groups in total. The van der Waals surface area contributed by atoms with Gasteiger partial charge in [-0.3, -0.25) is 4.98 Å². The summed E-state index contributed by atoms with van der Waals surface area (Å²) in [5.41, 5.74) is 4.51. The molecule has 0 atom stereocenters. The van der Waals surface area contributed by atoms with Crippen LogP contribution < -0.4 is 16.6 Å². The SMILES string of the molecule is CCc1c(NN)ncnc1NCc1ccccn1. The fraction of sp³-hybridized carbons (Fsp3) is 0.250. The zero-order chi connectivity index (χ0) is 12.8. The van der Waals surface area contributed by atoms with Gasteiger partial charge in [-0.1, -0.05) is 13.0 Å². The minimum absolute atomic E-state index is 0.620. The third-order valence-electron chi connectivity index (χ3n) is 2.60. The van der Waals surface area contributed by atoms with E-state index in [0.717, 1.165) is 23.5 Å². The van der Waals surface area contributed by atoms with Crippen molar-refractivity contribution in [2.45, 2.75) is 19.9 Å². The summed E-state index contributed by atoms with van der Waals surface area (Å²) >= 11 is 0. The van der Waals surface area contributed by atoms with Crippen LogP contribution in [0.25, 0.3) is 0 Å². The number of nitrogens with zero attached hydrogens (tertiary/aromatic N) is 3. The monoisotopic (exact) mass is 244 g/mol. The van der Waals surface area contributed by atoms with E-state index in [1.807, 2.05) is 25.1 Å². The van der Waals surface area contributed by atoms with E-state index in [-0.39, 0.29) is 0 Å². The highest BCUT2D eigenvalue weighted by Gasteiger charge is 2.08. The first-order chi connectivity index (χ1) is 8.85.